The lowest BCUT2D eigenvalue weighted by atomic mass is 9.74. The molecular formula is C13H16BrF3N2. The van der Waals surface area contributed by atoms with Crippen LogP contribution in [0.25, 0.3) is 0 Å². The van der Waals surface area contributed by atoms with Gasteiger partial charge >= 0.3 is 6.18 Å². The SMILES string of the molecule is NC1(Cc2cncc(Br)c2)CCC(C(F)(F)F)CC1. The minimum atomic E-state index is -4.08. The number of aromatic nitrogens is 1. The van der Waals surface area contributed by atoms with E-state index in [2.05, 4.69) is 20.9 Å². The quantitative estimate of drug-likeness (QED) is 0.891. The first-order chi connectivity index (χ1) is 8.78. The van der Waals surface area contributed by atoms with E-state index in [9.17, 15) is 13.2 Å². The Bertz CT molecular complexity index is 440. The number of alkyl halides is 3. The fourth-order valence-electron chi connectivity index (χ4n) is 2.66. The summed E-state index contributed by atoms with van der Waals surface area (Å²) in [5, 5.41) is 0. The van der Waals surface area contributed by atoms with Crippen molar-refractivity contribution in [1.82, 2.24) is 4.98 Å². The molecule has 0 unspecified atom stereocenters. The summed E-state index contributed by atoms with van der Waals surface area (Å²) in [7, 11) is 0. The van der Waals surface area contributed by atoms with E-state index >= 15 is 0 Å². The van der Waals surface area contributed by atoms with E-state index in [4.69, 9.17) is 5.73 Å². The van der Waals surface area contributed by atoms with Gasteiger partial charge < -0.3 is 5.73 Å². The van der Waals surface area contributed by atoms with E-state index in [0.717, 1.165) is 10.0 Å². The predicted molar refractivity (Wildman–Crippen MR) is 70.6 cm³/mol. The van der Waals surface area contributed by atoms with Crippen LogP contribution < -0.4 is 5.73 Å². The highest BCUT2D eigenvalue weighted by atomic mass is 79.9. The molecule has 6 heteroatoms. The third-order valence-electron chi connectivity index (χ3n) is 3.76. The summed E-state index contributed by atoms with van der Waals surface area (Å²) in [6.07, 6.45) is 0.946. The smallest absolute Gasteiger partial charge is 0.325 e. The molecule has 2 N–H and O–H groups in total. The van der Waals surface area contributed by atoms with Gasteiger partial charge in [0.1, 0.15) is 0 Å². The van der Waals surface area contributed by atoms with Gasteiger partial charge in [0, 0.05) is 22.4 Å². The Morgan fingerprint density at radius 2 is 1.95 bits per heavy atom. The number of hydrogen-bond acceptors (Lipinski definition) is 2. The molecule has 1 aliphatic carbocycles. The molecule has 1 aromatic heterocycles. The van der Waals surface area contributed by atoms with E-state index in [1.54, 1.807) is 12.4 Å². The molecule has 0 bridgehead atoms. The molecule has 0 amide bonds. The van der Waals surface area contributed by atoms with Crippen molar-refractivity contribution in [2.45, 2.75) is 43.8 Å². The number of pyridine rings is 1. The van der Waals surface area contributed by atoms with Gasteiger partial charge in [-0.3, -0.25) is 4.98 Å². The van der Waals surface area contributed by atoms with Crippen molar-refractivity contribution in [3.63, 3.8) is 0 Å². The Morgan fingerprint density at radius 3 is 2.47 bits per heavy atom. The molecule has 106 valence electrons. The van der Waals surface area contributed by atoms with Crippen molar-refractivity contribution in [3.05, 3.63) is 28.5 Å². The minimum Gasteiger partial charge on any atom is -0.325 e. The van der Waals surface area contributed by atoms with Crippen molar-refractivity contribution in [3.8, 4) is 0 Å². The topological polar surface area (TPSA) is 38.9 Å². The Kier molecular flexibility index (Phi) is 4.20. The molecule has 2 nitrogen and oxygen atoms in total. The molecule has 2 rings (SSSR count). The summed E-state index contributed by atoms with van der Waals surface area (Å²) in [5.74, 6) is -1.19. The first kappa shape index (κ1) is 14.8. The van der Waals surface area contributed by atoms with Crippen LogP contribution >= 0.6 is 15.9 Å². The summed E-state index contributed by atoms with van der Waals surface area (Å²) in [5.41, 5.74) is 6.66. The van der Waals surface area contributed by atoms with Crippen LogP contribution in [0.15, 0.2) is 22.9 Å². The van der Waals surface area contributed by atoms with E-state index in [1.165, 1.54) is 0 Å². The van der Waals surface area contributed by atoms with E-state index in [1.807, 2.05) is 6.07 Å². The fourth-order valence-corrected chi connectivity index (χ4v) is 3.07. The number of rotatable bonds is 2. The second-order valence-electron chi connectivity index (χ2n) is 5.37. The molecule has 0 aliphatic heterocycles. The summed E-state index contributed by atoms with van der Waals surface area (Å²) in [4.78, 5) is 4.05. The lowest BCUT2D eigenvalue weighted by Gasteiger charge is -2.37. The molecule has 19 heavy (non-hydrogen) atoms. The summed E-state index contributed by atoms with van der Waals surface area (Å²) < 4.78 is 38.7. The molecule has 0 spiro atoms. The zero-order valence-electron chi connectivity index (χ0n) is 10.4. The van der Waals surface area contributed by atoms with E-state index in [0.29, 0.717) is 19.3 Å². The average Bonchev–Trinajstić information content (AvgIpc) is 2.27. The average molecular weight is 337 g/mol. The highest BCUT2D eigenvalue weighted by molar-refractivity contribution is 9.10. The van der Waals surface area contributed by atoms with Crippen LogP contribution in [0.4, 0.5) is 13.2 Å². The zero-order chi connectivity index (χ0) is 14.1. The summed E-state index contributed by atoms with van der Waals surface area (Å²) in [6, 6.07) is 1.91. The van der Waals surface area contributed by atoms with Crippen molar-refractivity contribution in [2.75, 3.05) is 0 Å². The second-order valence-corrected chi connectivity index (χ2v) is 6.28. The first-order valence-electron chi connectivity index (χ1n) is 6.24. The van der Waals surface area contributed by atoms with Crippen LogP contribution in [0.3, 0.4) is 0 Å². The molecule has 1 saturated carbocycles. The summed E-state index contributed by atoms with van der Waals surface area (Å²) in [6.45, 7) is 0. The predicted octanol–water partition coefficient (Wildman–Crippen LogP) is 3.84. The van der Waals surface area contributed by atoms with Gasteiger partial charge in [0.15, 0.2) is 0 Å². The molecule has 0 aromatic carbocycles. The van der Waals surface area contributed by atoms with Crippen LogP contribution in [0, 0.1) is 5.92 Å². The minimum absolute atomic E-state index is 0.126. The van der Waals surface area contributed by atoms with Crippen LogP contribution in [0.5, 0.6) is 0 Å². The molecular weight excluding hydrogens is 321 g/mol. The molecule has 1 fully saturated rings. The first-order valence-corrected chi connectivity index (χ1v) is 7.03. The Hall–Kier alpha value is -0.620. The Labute approximate surface area is 118 Å². The molecule has 1 aromatic rings. The van der Waals surface area contributed by atoms with E-state index in [-0.39, 0.29) is 12.8 Å². The number of halogens is 4. The maximum absolute atomic E-state index is 12.6. The van der Waals surface area contributed by atoms with Gasteiger partial charge in [-0.05, 0) is 59.7 Å². The van der Waals surface area contributed by atoms with Crippen molar-refractivity contribution in [1.29, 1.82) is 0 Å². The molecule has 0 radical (unpaired) electrons. The van der Waals surface area contributed by atoms with Gasteiger partial charge in [0.2, 0.25) is 0 Å². The lowest BCUT2D eigenvalue weighted by Crippen LogP contribution is -2.47. The number of hydrogen-bond donors (Lipinski definition) is 1. The Balaban J connectivity index is 1.99. The highest BCUT2D eigenvalue weighted by Gasteiger charge is 2.44. The maximum Gasteiger partial charge on any atom is 0.391 e. The van der Waals surface area contributed by atoms with Crippen molar-refractivity contribution >= 4 is 15.9 Å². The number of nitrogens with zero attached hydrogens (tertiary/aromatic N) is 1. The Morgan fingerprint density at radius 1 is 1.32 bits per heavy atom. The normalized spacial score (nSPS) is 28.4. The molecule has 0 saturated heterocycles. The van der Waals surface area contributed by atoms with Gasteiger partial charge in [-0.2, -0.15) is 13.2 Å². The van der Waals surface area contributed by atoms with Gasteiger partial charge in [-0.15, -0.1) is 0 Å². The molecule has 1 heterocycles. The lowest BCUT2D eigenvalue weighted by molar-refractivity contribution is -0.184. The standard InChI is InChI=1S/C13H16BrF3N2/c14-11-5-9(7-19-8-11)6-12(18)3-1-10(2-4-12)13(15,16)17/h5,7-8,10H,1-4,6,18H2. The van der Waals surface area contributed by atoms with Gasteiger partial charge in [0.25, 0.3) is 0 Å². The van der Waals surface area contributed by atoms with Crippen LogP contribution in [-0.2, 0) is 6.42 Å². The highest BCUT2D eigenvalue weighted by Crippen LogP contribution is 2.41. The van der Waals surface area contributed by atoms with Crippen LogP contribution in [-0.4, -0.2) is 16.7 Å². The number of nitrogens with two attached hydrogens (primary N) is 1. The molecule has 0 atom stereocenters. The van der Waals surface area contributed by atoms with Gasteiger partial charge in [-0.1, -0.05) is 0 Å². The van der Waals surface area contributed by atoms with Gasteiger partial charge in [-0.25, -0.2) is 0 Å². The third-order valence-corrected chi connectivity index (χ3v) is 4.20. The maximum atomic E-state index is 12.6. The van der Waals surface area contributed by atoms with Crippen molar-refractivity contribution in [2.24, 2.45) is 11.7 Å². The monoisotopic (exact) mass is 336 g/mol. The van der Waals surface area contributed by atoms with Crippen molar-refractivity contribution < 1.29 is 13.2 Å². The zero-order valence-corrected chi connectivity index (χ0v) is 12.0. The second kappa shape index (κ2) is 5.40. The van der Waals surface area contributed by atoms with Gasteiger partial charge in [0.05, 0.1) is 5.92 Å². The third kappa shape index (κ3) is 3.92. The molecule has 1 aliphatic rings. The van der Waals surface area contributed by atoms with Crippen LogP contribution in [0.2, 0.25) is 0 Å². The largest absolute Gasteiger partial charge is 0.391 e. The van der Waals surface area contributed by atoms with E-state index < -0.39 is 17.6 Å². The fraction of sp³-hybridized carbons (Fsp3) is 0.615. The van der Waals surface area contributed by atoms with Crippen LogP contribution in [0.1, 0.15) is 31.2 Å². The summed E-state index contributed by atoms with van der Waals surface area (Å²) >= 11 is 3.33.